The molecule has 0 aliphatic rings. The molecule has 96 valence electrons. The number of hydrazine groups is 1. The number of rotatable bonds is 4. The number of benzene rings is 1. The first-order chi connectivity index (χ1) is 8.49. The molecule has 0 unspecified atom stereocenters. The van der Waals surface area contributed by atoms with Gasteiger partial charge in [-0.2, -0.15) is 0 Å². The first-order valence-electron chi connectivity index (χ1n) is 4.91. The number of hydrogen-bond acceptors (Lipinski definition) is 5. The molecule has 0 aliphatic heterocycles. The van der Waals surface area contributed by atoms with Crippen LogP contribution in [0.25, 0.3) is 0 Å². The largest absolute Gasteiger partial charge is 0.484 e. The Bertz CT molecular complexity index is 457. The van der Waals surface area contributed by atoms with E-state index in [1.165, 1.54) is 31.2 Å². The quantitative estimate of drug-likeness (QED) is 0.585. The molecular weight excluding hydrogens is 242 g/mol. The fraction of sp³-hybridized carbons (Fsp3) is 0.200. The summed E-state index contributed by atoms with van der Waals surface area (Å²) in [6, 6.07) is 5.29. The highest BCUT2D eigenvalue weighted by Crippen LogP contribution is 2.16. The summed E-state index contributed by atoms with van der Waals surface area (Å²) >= 11 is 0. The molecule has 0 aromatic heterocycles. The summed E-state index contributed by atoms with van der Waals surface area (Å²) in [5.74, 6) is -0.624. The van der Waals surface area contributed by atoms with E-state index in [1.807, 2.05) is 0 Å². The van der Waals surface area contributed by atoms with E-state index in [9.17, 15) is 19.7 Å². The summed E-state index contributed by atoms with van der Waals surface area (Å²) in [5.41, 5.74) is 4.14. The molecule has 0 fully saturated rings. The van der Waals surface area contributed by atoms with Crippen molar-refractivity contribution in [2.45, 2.75) is 6.92 Å². The van der Waals surface area contributed by atoms with E-state index in [-0.39, 0.29) is 12.3 Å². The van der Waals surface area contributed by atoms with Gasteiger partial charge in [0.2, 0.25) is 5.91 Å². The lowest BCUT2D eigenvalue weighted by Gasteiger charge is -2.07. The average Bonchev–Trinajstić information content (AvgIpc) is 2.34. The van der Waals surface area contributed by atoms with Gasteiger partial charge in [-0.1, -0.05) is 0 Å². The third kappa shape index (κ3) is 4.47. The number of carbonyl (C=O) groups is 2. The first kappa shape index (κ1) is 13.4. The third-order valence-corrected chi connectivity index (χ3v) is 1.80. The Morgan fingerprint density at radius 1 is 1.28 bits per heavy atom. The summed E-state index contributed by atoms with van der Waals surface area (Å²) in [5, 5.41) is 10.4. The number of non-ortho nitro benzene ring substituents is 1. The van der Waals surface area contributed by atoms with Crippen molar-refractivity contribution in [2.24, 2.45) is 0 Å². The summed E-state index contributed by atoms with van der Waals surface area (Å²) in [4.78, 5) is 31.5. The van der Waals surface area contributed by atoms with Gasteiger partial charge in [-0.05, 0) is 12.1 Å². The molecular formula is C10H11N3O5. The molecule has 8 nitrogen and oxygen atoms in total. The topological polar surface area (TPSA) is 111 Å². The number of nitro groups is 1. The highest BCUT2D eigenvalue weighted by atomic mass is 16.6. The summed E-state index contributed by atoms with van der Waals surface area (Å²) in [6.07, 6.45) is 0. The number of hydrogen-bond donors (Lipinski definition) is 2. The van der Waals surface area contributed by atoms with Crippen molar-refractivity contribution in [1.82, 2.24) is 10.9 Å². The van der Waals surface area contributed by atoms with Gasteiger partial charge in [0.25, 0.3) is 11.6 Å². The molecule has 1 aromatic rings. The molecule has 0 saturated heterocycles. The molecule has 2 N–H and O–H groups in total. The van der Waals surface area contributed by atoms with Gasteiger partial charge in [0, 0.05) is 19.1 Å². The normalized spacial score (nSPS) is 9.39. The van der Waals surface area contributed by atoms with Gasteiger partial charge in [0.15, 0.2) is 6.61 Å². The van der Waals surface area contributed by atoms with Gasteiger partial charge < -0.3 is 4.74 Å². The molecule has 2 amide bonds. The Morgan fingerprint density at radius 3 is 2.39 bits per heavy atom. The van der Waals surface area contributed by atoms with Crippen LogP contribution in [0.4, 0.5) is 5.69 Å². The van der Waals surface area contributed by atoms with E-state index in [1.54, 1.807) is 0 Å². The van der Waals surface area contributed by atoms with Crippen LogP contribution in [0, 0.1) is 10.1 Å². The van der Waals surface area contributed by atoms with Crippen molar-refractivity contribution < 1.29 is 19.2 Å². The van der Waals surface area contributed by atoms with E-state index in [4.69, 9.17) is 4.74 Å². The molecule has 8 heteroatoms. The predicted octanol–water partition coefficient (Wildman–Crippen LogP) is 0.141. The van der Waals surface area contributed by atoms with E-state index in [0.717, 1.165) is 0 Å². The summed E-state index contributed by atoms with van der Waals surface area (Å²) < 4.78 is 5.05. The van der Waals surface area contributed by atoms with Crippen molar-refractivity contribution in [3.63, 3.8) is 0 Å². The number of nitrogens with one attached hydrogen (secondary N) is 2. The lowest BCUT2D eigenvalue weighted by molar-refractivity contribution is -0.384. The third-order valence-electron chi connectivity index (χ3n) is 1.80. The van der Waals surface area contributed by atoms with Crippen LogP contribution in [0.2, 0.25) is 0 Å². The molecule has 18 heavy (non-hydrogen) atoms. The second-order valence-corrected chi connectivity index (χ2v) is 3.27. The van der Waals surface area contributed by atoms with Gasteiger partial charge >= 0.3 is 0 Å². The van der Waals surface area contributed by atoms with Crippen LogP contribution >= 0.6 is 0 Å². The van der Waals surface area contributed by atoms with Crippen LogP contribution in [0.5, 0.6) is 5.75 Å². The molecule has 0 atom stereocenters. The molecule has 1 aromatic carbocycles. The Kier molecular flexibility index (Phi) is 4.61. The van der Waals surface area contributed by atoms with Crippen molar-refractivity contribution in [2.75, 3.05) is 6.61 Å². The smallest absolute Gasteiger partial charge is 0.276 e. The Morgan fingerprint density at radius 2 is 1.89 bits per heavy atom. The summed E-state index contributed by atoms with van der Waals surface area (Å²) in [6.45, 7) is 0.940. The second kappa shape index (κ2) is 6.18. The van der Waals surface area contributed by atoms with Gasteiger partial charge in [-0.15, -0.1) is 0 Å². The molecule has 0 spiro atoms. The molecule has 0 aliphatic carbocycles. The van der Waals surface area contributed by atoms with Crippen molar-refractivity contribution in [3.8, 4) is 5.75 Å². The van der Waals surface area contributed by atoms with Gasteiger partial charge in [-0.25, -0.2) is 0 Å². The maximum atomic E-state index is 11.1. The Balaban J connectivity index is 2.41. The maximum absolute atomic E-state index is 11.1. The number of ether oxygens (including phenoxy) is 1. The van der Waals surface area contributed by atoms with Crippen LogP contribution in [-0.2, 0) is 9.59 Å². The van der Waals surface area contributed by atoms with Gasteiger partial charge in [-0.3, -0.25) is 30.6 Å². The highest BCUT2D eigenvalue weighted by molar-refractivity contribution is 5.81. The number of nitrogens with zero attached hydrogens (tertiary/aromatic N) is 1. The predicted molar refractivity (Wildman–Crippen MR) is 60.6 cm³/mol. The van der Waals surface area contributed by atoms with Crippen molar-refractivity contribution in [1.29, 1.82) is 0 Å². The number of carbonyl (C=O) groups excluding carboxylic acids is 2. The molecule has 1 rings (SSSR count). The molecule has 0 radical (unpaired) electrons. The fourth-order valence-electron chi connectivity index (χ4n) is 1.01. The second-order valence-electron chi connectivity index (χ2n) is 3.27. The molecule has 0 saturated carbocycles. The lowest BCUT2D eigenvalue weighted by Crippen LogP contribution is -2.42. The van der Waals surface area contributed by atoms with E-state index < -0.39 is 16.7 Å². The maximum Gasteiger partial charge on any atom is 0.276 e. The van der Waals surface area contributed by atoms with Crippen LogP contribution in [0.15, 0.2) is 24.3 Å². The zero-order valence-corrected chi connectivity index (χ0v) is 9.50. The van der Waals surface area contributed by atoms with Crippen LogP contribution in [0.3, 0.4) is 0 Å². The summed E-state index contributed by atoms with van der Waals surface area (Å²) in [7, 11) is 0. The van der Waals surface area contributed by atoms with E-state index in [0.29, 0.717) is 5.75 Å². The monoisotopic (exact) mass is 253 g/mol. The first-order valence-corrected chi connectivity index (χ1v) is 4.91. The SMILES string of the molecule is CC(=O)NNC(=O)COc1ccc([N+](=O)[O-])cc1. The van der Waals surface area contributed by atoms with E-state index >= 15 is 0 Å². The van der Waals surface area contributed by atoms with Crippen LogP contribution in [0.1, 0.15) is 6.92 Å². The molecule has 0 bridgehead atoms. The fourth-order valence-corrected chi connectivity index (χ4v) is 1.01. The number of amides is 2. The van der Waals surface area contributed by atoms with Crippen LogP contribution in [-0.4, -0.2) is 23.3 Å². The minimum Gasteiger partial charge on any atom is -0.484 e. The standard InChI is InChI=1S/C10H11N3O5/c1-7(14)11-12-10(15)6-18-9-4-2-8(3-5-9)13(16)17/h2-5H,6H2,1H3,(H,11,14)(H,12,15). The minimum atomic E-state index is -0.538. The molecule has 0 heterocycles. The van der Waals surface area contributed by atoms with Crippen molar-refractivity contribution >= 4 is 17.5 Å². The van der Waals surface area contributed by atoms with Crippen LogP contribution < -0.4 is 15.6 Å². The van der Waals surface area contributed by atoms with E-state index in [2.05, 4.69) is 10.9 Å². The zero-order chi connectivity index (χ0) is 13.5. The number of nitro benzene ring substituents is 1. The van der Waals surface area contributed by atoms with Gasteiger partial charge in [0.1, 0.15) is 5.75 Å². The minimum absolute atomic E-state index is 0.0648. The average molecular weight is 253 g/mol. The Hall–Kier alpha value is -2.64. The lowest BCUT2D eigenvalue weighted by atomic mass is 10.3. The highest BCUT2D eigenvalue weighted by Gasteiger charge is 2.06. The Labute approximate surface area is 102 Å². The van der Waals surface area contributed by atoms with Crippen molar-refractivity contribution in [3.05, 3.63) is 34.4 Å². The zero-order valence-electron chi connectivity index (χ0n) is 9.50. The van der Waals surface area contributed by atoms with Gasteiger partial charge in [0.05, 0.1) is 4.92 Å².